The fourth-order valence-corrected chi connectivity index (χ4v) is 4.22. The van der Waals surface area contributed by atoms with Gasteiger partial charge < -0.3 is 10.2 Å². The summed E-state index contributed by atoms with van der Waals surface area (Å²) in [5.74, 6) is -0.242. The van der Waals surface area contributed by atoms with Gasteiger partial charge in [-0.15, -0.1) is 0 Å². The Morgan fingerprint density at radius 2 is 2.00 bits per heavy atom. The minimum atomic E-state index is -3.91. The van der Waals surface area contributed by atoms with E-state index in [0.29, 0.717) is 11.3 Å². The number of benzene rings is 1. The Labute approximate surface area is 138 Å². The summed E-state index contributed by atoms with van der Waals surface area (Å²) in [6.45, 7) is 1.73. The van der Waals surface area contributed by atoms with Crippen LogP contribution in [-0.4, -0.2) is 8.42 Å². The Kier molecular flexibility index (Phi) is 4.76. The molecule has 0 amide bonds. The number of nitrogens with one attached hydrogen (secondary N) is 1. The van der Waals surface area contributed by atoms with Gasteiger partial charge in [-0.1, -0.05) is 0 Å². The number of furan rings is 1. The molecule has 1 aromatic heterocycles. The number of hydrogen-bond acceptors (Lipinski definition) is 4. The summed E-state index contributed by atoms with van der Waals surface area (Å²) < 4.78 is 46.0. The molecule has 0 aliphatic rings. The van der Waals surface area contributed by atoms with Gasteiger partial charge in [0.05, 0.1) is 16.7 Å². The Morgan fingerprint density at radius 3 is 2.57 bits per heavy atom. The van der Waals surface area contributed by atoms with Gasteiger partial charge in [-0.2, -0.15) is 0 Å². The number of rotatable bonds is 4. The molecule has 0 fully saturated rings. The van der Waals surface area contributed by atoms with Gasteiger partial charge in [-0.3, -0.25) is 4.72 Å². The second-order valence-electron chi connectivity index (χ2n) is 4.24. The zero-order valence-corrected chi connectivity index (χ0v) is 14.8. The van der Waals surface area contributed by atoms with E-state index in [2.05, 4.69) is 36.6 Å². The lowest BCUT2D eigenvalue weighted by Gasteiger charge is -2.10. The summed E-state index contributed by atoms with van der Waals surface area (Å²) in [6.07, 6.45) is 0. The first-order valence-electron chi connectivity index (χ1n) is 5.71. The second kappa shape index (κ2) is 6.07. The van der Waals surface area contributed by atoms with E-state index in [1.807, 2.05) is 0 Å². The first kappa shape index (κ1) is 16.5. The summed E-state index contributed by atoms with van der Waals surface area (Å²) in [7, 11) is -3.91. The van der Waals surface area contributed by atoms with Crippen molar-refractivity contribution in [2.45, 2.75) is 18.4 Å². The van der Waals surface area contributed by atoms with Crippen molar-refractivity contribution < 1.29 is 17.2 Å². The molecule has 2 rings (SSSR count). The summed E-state index contributed by atoms with van der Waals surface area (Å²) in [5.41, 5.74) is 6.13. The van der Waals surface area contributed by atoms with Crippen molar-refractivity contribution in [2.75, 3.05) is 4.72 Å². The maximum absolute atomic E-state index is 13.5. The number of hydrogen-bond donors (Lipinski definition) is 2. The monoisotopic (exact) mass is 440 g/mol. The van der Waals surface area contributed by atoms with Gasteiger partial charge in [0.25, 0.3) is 10.0 Å². The number of aryl methyl sites for hydroxylation is 1. The van der Waals surface area contributed by atoms with E-state index >= 15 is 0 Å². The van der Waals surface area contributed by atoms with Crippen molar-refractivity contribution >= 4 is 47.6 Å². The van der Waals surface area contributed by atoms with E-state index in [9.17, 15) is 12.8 Å². The third-order valence-electron chi connectivity index (χ3n) is 2.71. The van der Waals surface area contributed by atoms with Crippen molar-refractivity contribution in [2.24, 2.45) is 5.73 Å². The normalized spacial score (nSPS) is 11.7. The highest BCUT2D eigenvalue weighted by molar-refractivity contribution is 9.10. The molecule has 2 aromatic rings. The molecule has 3 N–H and O–H groups in total. The molecule has 0 spiro atoms. The van der Waals surface area contributed by atoms with E-state index in [-0.39, 0.29) is 26.3 Å². The molecule has 21 heavy (non-hydrogen) atoms. The number of anilines is 1. The standard InChI is InChI=1S/C12H11Br2FN2O3S/c1-6-2-8(13)9(15)4-10(6)17-21(18,19)11-3-7(5-16)20-12(11)14/h2-4,17H,5,16H2,1H3. The van der Waals surface area contributed by atoms with E-state index in [1.165, 1.54) is 12.1 Å². The molecule has 0 unspecified atom stereocenters. The quantitative estimate of drug-likeness (QED) is 0.760. The third kappa shape index (κ3) is 3.47. The number of halogens is 3. The first-order valence-corrected chi connectivity index (χ1v) is 8.78. The second-order valence-corrected chi connectivity index (χ2v) is 7.47. The maximum atomic E-state index is 13.5. The van der Waals surface area contributed by atoms with Crippen LogP contribution in [0.25, 0.3) is 0 Å². The van der Waals surface area contributed by atoms with Crippen LogP contribution in [0.15, 0.2) is 36.7 Å². The lowest BCUT2D eigenvalue weighted by Crippen LogP contribution is -2.14. The minimum absolute atomic E-state index is 0.0469. The summed E-state index contributed by atoms with van der Waals surface area (Å²) in [6, 6.07) is 3.91. The highest BCUT2D eigenvalue weighted by Crippen LogP contribution is 2.30. The average Bonchev–Trinajstić information content (AvgIpc) is 2.78. The first-order chi connectivity index (χ1) is 9.74. The molecule has 5 nitrogen and oxygen atoms in total. The van der Waals surface area contributed by atoms with Gasteiger partial charge in [0.1, 0.15) is 16.5 Å². The predicted octanol–water partition coefficient (Wildman–Crippen LogP) is 3.51. The van der Waals surface area contributed by atoms with Gasteiger partial charge in [0, 0.05) is 6.07 Å². The van der Waals surface area contributed by atoms with Gasteiger partial charge in [-0.05, 0) is 56.5 Å². The largest absolute Gasteiger partial charge is 0.452 e. The van der Waals surface area contributed by atoms with Crippen LogP contribution in [0.5, 0.6) is 0 Å². The molecule has 0 radical (unpaired) electrons. The summed E-state index contributed by atoms with van der Waals surface area (Å²) in [4.78, 5) is -0.0920. The van der Waals surface area contributed by atoms with Crippen LogP contribution in [0.1, 0.15) is 11.3 Å². The highest BCUT2D eigenvalue weighted by atomic mass is 79.9. The fourth-order valence-electron chi connectivity index (χ4n) is 1.64. The molecule has 0 bridgehead atoms. The van der Waals surface area contributed by atoms with Crippen LogP contribution in [0.3, 0.4) is 0 Å². The van der Waals surface area contributed by atoms with Crippen LogP contribution < -0.4 is 10.5 Å². The Morgan fingerprint density at radius 1 is 1.33 bits per heavy atom. The van der Waals surface area contributed by atoms with Crippen molar-refractivity contribution in [3.63, 3.8) is 0 Å². The van der Waals surface area contributed by atoms with Crippen molar-refractivity contribution in [1.82, 2.24) is 0 Å². The number of sulfonamides is 1. The van der Waals surface area contributed by atoms with E-state index in [0.717, 1.165) is 6.07 Å². The molecule has 0 aliphatic carbocycles. The zero-order valence-electron chi connectivity index (χ0n) is 10.8. The zero-order chi connectivity index (χ0) is 15.8. The van der Waals surface area contributed by atoms with Crippen LogP contribution in [0, 0.1) is 12.7 Å². The lowest BCUT2D eigenvalue weighted by atomic mass is 10.2. The van der Waals surface area contributed by atoms with Gasteiger partial charge in [0.2, 0.25) is 0 Å². The SMILES string of the molecule is Cc1cc(Br)c(F)cc1NS(=O)(=O)c1cc(CN)oc1Br. The number of nitrogens with two attached hydrogens (primary N) is 1. The van der Waals surface area contributed by atoms with Crippen molar-refractivity contribution in [3.8, 4) is 0 Å². The Bertz CT molecular complexity index is 790. The third-order valence-corrected chi connectivity index (χ3v) is 5.54. The Hall–Kier alpha value is -0.900. The van der Waals surface area contributed by atoms with Crippen LogP contribution >= 0.6 is 31.9 Å². The molecule has 9 heteroatoms. The molecule has 0 saturated heterocycles. The van der Waals surface area contributed by atoms with Crippen LogP contribution in [0.4, 0.5) is 10.1 Å². The van der Waals surface area contributed by atoms with Gasteiger partial charge in [0.15, 0.2) is 4.67 Å². The molecular formula is C12H11Br2FN2O3S. The van der Waals surface area contributed by atoms with Crippen LogP contribution in [0.2, 0.25) is 0 Å². The van der Waals surface area contributed by atoms with Gasteiger partial charge in [-0.25, -0.2) is 12.8 Å². The summed E-state index contributed by atoms with van der Waals surface area (Å²) >= 11 is 6.07. The topological polar surface area (TPSA) is 85.3 Å². The van der Waals surface area contributed by atoms with Crippen molar-refractivity contribution in [1.29, 1.82) is 0 Å². The average molecular weight is 442 g/mol. The molecule has 1 aromatic carbocycles. The molecule has 0 saturated carbocycles. The maximum Gasteiger partial charge on any atom is 0.266 e. The predicted molar refractivity (Wildman–Crippen MR) is 83.9 cm³/mol. The van der Waals surface area contributed by atoms with Gasteiger partial charge >= 0.3 is 0 Å². The van der Waals surface area contributed by atoms with E-state index in [1.54, 1.807) is 6.92 Å². The van der Waals surface area contributed by atoms with E-state index in [4.69, 9.17) is 10.2 Å². The molecule has 114 valence electrons. The molecule has 0 aliphatic heterocycles. The van der Waals surface area contributed by atoms with Crippen LogP contribution in [-0.2, 0) is 16.6 Å². The smallest absolute Gasteiger partial charge is 0.266 e. The molecule has 0 atom stereocenters. The lowest BCUT2D eigenvalue weighted by molar-refractivity contribution is 0.484. The fraction of sp³-hybridized carbons (Fsp3) is 0.167. The molecular weight excluding hydrogens is 431 g/mol. The minimum Gasteiger partial charge on any atom is -0.452 e. The summed E-state index contributed by atoms with van der Waals surface area (Å²) in [5, 5.41) is 0. The molecule has 1 heterocycles. The Balaban J connectivity index is 2.42. The van der Waals surface area contributed by atoms with E-state index < -0.39 is 15.8 Å². The highest BCUT2D eigenvalue weighted by Gasteiger charge is 2.23. The van der Waals surface area contributed by atoms with Crippen molar-refractivity contribution in [3.05, 3.63) is 44.5 Å².